The maximum absolute atomic E-state index is 12.5. The number of aliphatic carboxylic acids is 2. The van der Waals surface area contributed by atoms with Crippen LogP contribution < -0.4 is 10.6 Å². The number of nitrogens with zero attached hydrogens (tertiary/aromatic N) is 4. The molecule has 2 aromatic heterocycles. The molecule has 0 saturated carbocycles. The Balaban J connectivity index is 0.000000547. The van der Waals surface area contributed by atoms with Gasteiger partial charge in [-0.05, 0) is 108 Å². The number of halogens is 3. The van der Waals surface area contributed by atoms with E-state index in [0.717, 1.165) is 52.9 Å². The fourth-order valence-corrected chi connectivity index (χ4v) is 8.33. The molecule has 0 fully saturated rings. The van der Waals surface area contributed by atoms with Crippen LogP contribution in [0.25, 0.3) is 33.5 Å². The van der Waals surface area contributed by atoms with Crippen LogP contribution in [0.5, 0.6) is 0 Å². The largest absolute Gasteiger partial charge is 5.00 e. The van der Waals surface area contributed by atoms with Gasteiger partial charge in [-0.1, -0.05) is 153 Å². The first-order chi connectivity index (χ1) is 34.7. The van der Waals surface area contributed by atoms with Crippen molar-refractivity contribution in [3.05, 3.63) is 210 Å². The van der Waals surface area contributed by atoms with Crippen molar-refractivity contribution in [3.63, 3.8) is 0 Å². The Morgan fingerprint density at radius 3 is 1.91 bits per heavy atom. The molecular weight excluding hydrogens is 1080 g/mol. The molecule has 0 saturated heterocycles. The monoisotopic (exact) mass is 1150 g/mol. The number of allylic oxidation sites excluding steroid dienone is 4. The van der Waals surface area contributed by atoms with Crippen molar-refractivity contribution in [2.24, 2.45) is 5.73 Å². The molecule has 18 heteroatoms. The summed E-state index contributed by atoms with van der Waals surface area (Å²) in [6, 6.07) is 19.6. The van der Waals surface area contributed by atoms with E-state index in [1.165, 1.54) is 70.3 Å². The zero-order chi connectivity index (χ0) is 55.6. The number of nitrogens with one attached hydrogen (secondary N) is 3. The normalized spacial score (nSPS) is 15.0. The molecule has 2 unspecified atom stereocenters. The maximum Gasteiger partial charge on any atom is 5.00 e. The third-order valence-corrected chi connectivity index (χ3v) is 12.5. The number of nitrogens with two attached hydrogens (primary N) is 1. The average molecular weight is 1150 g/mol. The van der Waals surface area contributed by atoms with E-state index in [1.807, 2.05) is 36.6 Å². The molecule has 1 aliphatic rings. The van der Waals surface area contributed by atoms with E-state index in [2.05, 4.69) is 124 Å². The number of carboxylic acids is 2. The van der Waals surface area contributed by atoms with Gasteiger partial charge >= 0.3 is 37.6 Å². The van der Waals surface area contributed by atoms with E-state index < -0.39 is 35.9 Å². The summed E-state index contributed by atoms with van der Waals surface area (Å²) in [4.78, 5) is 31.2. The van der Waals surface area contributed by atoms with Gasteiger partial charge in [0, 0.05) is 33.8 Å². The summed E-state index contributed by atoms with van der Waals surface area (Å²) < 4.78 is 37.5. The number of anilines is 3. The maximum atomic E-state index is 12.5. The number of aromatic nitrogens is 1. The third-order valence-electron chi connectivity index (χ3n) is 11.5. The smallest absolute Gasteiger partial charge is 0.753 e. The SMILES string of the molecule is C/C=C(\C=C(/[NH-])C1=CC(C(=O)O)=CC(c2cc(N(c3ccc(C(C)(C)C)cc3)c3ccc(C(C)(C)C)cc3)ccn2)[N-]1)C(=O)O.C\C=C(/C=C([NH-])/C([NH-])=C/C(N)C(F)(F)F)c1sccc1CCCCCC.[N-]=C=S.[Ru+5]. The third kappa shape index (κ3) is 19.7. The Hall–Kier alpha value is -6.42. The Morgan fingerprint density at radius 1 is 0.880 bits per heavy atom. The molecule has 2 aromatic carbocycles. The van der Waals surface area contributed by atoms with Gasteiger partial charge in [0.05, 0.1) is 11.1 Å². The van der Waals surface area contributed by atoms with E-state index in [-0.39, 0.29) is 58.5 Å². The number of benzene rings is 2. The molecule has 12 nitrogen and oxygen atoms in total. The second-order valence-electron chi connectivity index (χ2n) is 19.1. The quantitative estimate of drug-likeness (QED) is 0.0230. The van der Waals surface area contributed by atoms with Gasteiger partial charge in [-0.3, -0.25) is 4.98 Å². The van der Waals surface area contributed by atoms with E-state index in [9.17, 15) is 33.0 Å². The van der Waals surface area contributed by atoms with Gasteiger partial charge in [0.15, 0.2) is 0 Å². The molecule has 4 aromatic rings. The molecular formula is C57H66F3N8O4RuS2. The number of unbranched alkanes of at least 4 members (excludes halogenated alkanes) is 3. The van der Waals surface area contributed by atoms with Gasteiger partial charge < -0.3 is 48.8 Å². The van der Waals surface area contributed by atoms with Crippen LogP contribution in [0.15, 0.2) is 155 Å². The molecule has 0 aliphatic carbocycles. The number of thiocarbonyl (C=S) groups is 1. The van der Waals surface area contributed by atoms with Crippen LogP contribution in [-0.2, 0) is 46.3 Å². The molecule has 1 radical (unpaired) electrons. The van der Waals surface area contributed by atoms with Crippen LogP contribution in [0, 0.1) is 0 Å². The number of pyridine rings is 1. The van der Waals surface area contributed by atoms with Gasteiger partial charge in [0.1, 0.15) is 6.04 Å². The molecule has 1 aliphatic heterocycles. The van der Waals surface area contributed by atoms with Crippen LogP contribution in [0.4, 0.5) is 30.2 Å². The van der Waals surface area contributed by atoms with Gasteiger partial charge in [0.25, 0.3) is 0 Å². The number of isothiocyanates is 1. The van der Waals surface area contributed by atoms with Crippen LogP contribution in [0.3, 0.4) is 0 Å². The number of alkyl halides is 3. The predicted octanol–water partition coefficient (Wildman–Crippen LogP) is 17.1. The van der Waals surface area contributed by atoms with Crippen LogP contribution in [0.2, 0.25) is 0 Å². The summed E-state index contributed by atoms with van der Waals surface area (Å²) in [7, 11) is 0. The Bertz CT molecular complexity index is 2750. The Kier molecular flexibility index (Phi) is 25.5. The summed E-state index contributed by atoms with van der Waals surface area (Å²) in [6.45, 7) is 18.6. The van der Waals surface area contributed by atoms with Crippen molar-refractivity contribution in [2.75, 3.05) is 4.90 Å². The van der Waals surface area contributed by atoms with E-state index in [1.54, 1.807) is 13.1 Å². The molecule has 5 rings (SSSR count). The number of hydrogen-bond donors (Lipinski definition) is 3. The van der Waals surface area contributed by atoms with Crippen molar-refractivity contribution in [1.29, 1.82) is 0 Å². The van der Waals surface area contributed by atoms with E-state index >= 15 is 0 Å². The summed E-state index contributed by atoms with van der Waals surface area (Å²) in [5.74, 6) is -2.37. The molecule has 0 amide bonds. The topological polar surface area (TPSA) is 225 Å². The fraction of sp³-hybridized carbons (Fsp3) is 0.333. The molecule has 75 heavy (non-hydrogen) atoms. The Labute approximate surface area is 462 Å². The summed E-state index contributed by atoms with van der Waals surface area (Å²) in [5.41, 5.74) is 35.5. The van der Waals surface area contributed by atoms with Crippen molar-refractivity contribution in [2.45, 2.75) is 124 Å². The average Bonchev–Trinajstić information content (AvgIpc) is 3.81. The second kappa shape index (κ2) is 29.6. The molecule has 399 valence electrons. The van der Waals surface area contributed by atoms with Crippen LogP contribution in [0.1, 0.15) is 121 Å². The van der Waals surface area contributed by atoms with Gasteiger partial charge in [0.2, 0.25) is 0 Å². The molecule has 7 N–H and O–H groups in total. The predicted molar refractivity (Wildman–Crippen MR) is 301 cm³/mol. The van der Waals surface area contributed by atoms with Crippen molar-refractivity contribution in [3.8, 4) is 0 Å². The Morgan fingerprint density at radius 2 is 1.44 bits per heavy atom. The number of carbonyl (C=O) groups is 2. The molecule has 2 atom stereocenters. The first-order valence-electron chi connectivity index (χ1n) is 23.8. The van der Waals surface area contributed by atoms with Crippen molar-refractivity contribution >= 4 is 63.3 Å². The van der Waals surface area contributed by atoms with Gasteiger partial charge in [-0.15, -0.1) is 11.3 Å². The number of aryl methyl sites for hydroxylation is 1. The minimum absolute atomic E-state index is 0. The van der Waals surface area contributed by atoms with Crippen LogP contribution >= 0.6 is 23.6 Å². The van der Waals surface area contributed by atoms with Crippen LogP contribution in [-0.4, -0.2) is 44.5 Å². The van der Waals surface area contributed by atoms with Gasteiger partial charge in [-0.2, -0.15) is 41.1 Å². The first-order valence-corrected chi connectivity index (χ1v) is 25.1. The number of rotatable bonds is 17. The standard InChI is InChI=1S/C37H40N4O4.C19H26F3N3S.CNS.Ru/c1-8-23(34(42)43)19-30(38)31-20-24(35(44)45)21-33(40-31)32-22-29(17-18-39-32)41(27-13-9-25(10-14-27)36(2,3)4)28-15-11-26(12-16-28)37(5,6)7;1-3-5-6-7-8-14-9-10-26-18(14)13(4-2)11-15(23)16(24)12-17(25)19(20,21)22;2-1-3;/h8-22,33,38H,1-7H3,(H,42,43)(H,44,45);4,9-12,17,23-24H,3,5-8,25H2,1-2H3;;/q2*-2;-1;+5/b23-8+,30-19-;13-4+,15-11-,16-12-;;. The number of thiophene rings is 1. The van der Waals surface area contributed by atoms with E-state index in [4.69, 9.17) is 28.3 Å². The summed E-state index contributed by atoms with van der Waals surface area (Å²) in [6.07, 6.45) is 11.7. The zero-order valence-electron chi connectivity index (χ0n) is 43.6. The second-order valence-corrected chi connectivity index (χ2v) is 20.2. The summed E-state index contributed by atoms with van der Waals surface area (Å²) >= 11 is 5.24. The number of hydrogen-bond acceptors (Lipinski definition) is 7. The number of carboxylic acid groups (broad SMARTS) is 2. The van der Waals surface area contributed by atoms with Crippen molar-refractivity contribution in [1.82, 2.24) is 4.98 Å². The summed E-state index contributed by atoms with van der Waals surface area (Å²) in [5, 5.41) is 34.3. The molecule has 0 bridgehead atoms. The van der Waals surface area contributed by atoms with Gasteiger partial charge in [-0.25, -0.2) is 9.59 Å². The molecule has 0 spiro atoms. The zero-order valence-corrected chi connectivity index (χ0v) is 47.0. The van der Waals surface area contributed by atoms with Crippen molar-refractivity contribution < 1.29 is 52.5 Å². The van der Waals surface area contributed by atoms with E-state index in [0.29, 0.717) is 11.8 Å². The molecule has 3 heterocycles. The fourth-order valence-electron chi connectivity index (χ4n) is 7.33. The minimum Gasteiger partial charge on any atom is -0.753 e. The first kappa shape index (κ1) is 64.7. The minimum atomic E-state index is -4.62.